The molecule has 5 nitrogen and oxygen atoms in total. The first kappa shape index (κ1) is 16.1. The van der Waals surface area contributed by atoms with E-state index in [0.717, 1.165) is 0 Å². The fourth-order valence-corrected chi connectivity index (χ4v) is 1.53. The normalized spacial score (nSPS) is 10.6. The van der Waals surface area contributed by atoms with Crippen molar-refractivity contribution in [1.29, 1.82) is 0 Å². The molecule has 0 aromatic heterocycles. The van der Waals surface area contributed by atoms with Gasteiger partial charge in [-0.05, 0) is 24.4 Å². The molecule has 0 aliphatic heterocycles. The van der Waals surface area contributed by atoms with Crippen molar-refractivity contribution >= 4 is 34.9 Å². The van der Waals surface area contributed by atoms with Gasteiger partial charge in [-0.15, -0.1) is 0 Å². The van der Waals surface area contributed by atoms with Gasteiger partial charge < -0.3 is 15.4 Å². The van der Waals surface area contributed by atoms with Gasteiger partial charge in [-0.1, -0.05) is 32.9 Å². The Bertz CT molecular complexity index is 535. The van der Waals surface area contributed by atoms with Gasteiger partial charge in [0, 0.05) is 5.41 Å². The lowest BCUT2D eigenvalue weighted by molar-refractivity contribution is -0.126. The van der Waals surface area contributed by atoms with E-state index >= 15 is 0 Å². The van der Waals surface area contributed by atoms with E-state index < -0.39 is 11.4 Å². The highest BCUT2D eigenvalue weighted by Crippen LogP contribution is 2.16. The summed E-state index contributed by atoms with van der Waals surface area (Å²) in [6.45, 7) is 5.36. The molecule has 2 N–H and O–H groups in total. The summed E-state index contributed by atoms with van der Waals surface area (Å²) in [5.74, 6) is -0.677. The third-order valence-corrected chi connectivity index (χ3v) is 2.69. The summed E-state index contributed by atoms with van der Waals surface area (Å²) in [7, 11) is 1.30. The van der Waals surface area contributed by atoms with Crippen molar-refractivity contribution in [3.63, 3.8) is 0 Å². The molecule has 0 saturated heterocycles. The molecule has 0 aliphatic carbocycles. The standard InChI is InChI=1S/C14H18N2O3S/c1-14(2,3)12(18)16-13(20)15-10-8-6-5-7-9(10)11(17)19-4/h5-8H,1-4H3,(H2,15,16,18,20). The zero-order valence-electron chi connectivity index (χ0n) is 11.9. The van der Waals surface area contributed by atoms with Crippen molar-refractivity contribution in [1.82, 2.24) is 5.32 Å². The van der Waals surface area contributed by atoms with E-state index in [1.807, 2.05) is 0 Å². The fraction of sp³-hybridized carbons (Fsp3) is 0.357. The van der Waals surface area contributed by atoms with Gasteiger partial charge in [0.05, 0.1) is 18.4 Å². The van der Waals surface area contributed by atoms with E-state index in [-0.39, 0.29) is 11.0 Å². The Labute approximate surface area is 123 Å². The minimum Gasteiger partial charge on any atom is -0.465 e. The van der Waals surface area contributed by atoms with Crippen molar-refractivity contribution in [3.8, 4) is 0 Å². The number of anilines is 1. The molecule has 108 valence electrons. The fourth-order valence-electron chi connectivity index (χ4n) is 1.32. The number of amides is 1. The van der Waals surface area contributed by atoms with Crippen LogP contribution in [0.15, 0.2) is 24.3 Å². The van der Waals surface area contributed by atoms with Gasteiger partial charge in [0.15, 0.2) is 5.11 Å². The van der Waals surface area contributed by atoms with Gasteiger partial charge in [0.25, 0.3) is 0 Å². The number of thiocarbonyl (C=S) groups is 1. The van der Waals surface area contributed by atoms with Crippen LogP contribution in [0.4, 0.5) is 5.69 Å². The number of benzene rings is 1. The maximum Gasteiger partial charge on any atom is 0.339 e. The smallest absolute Gasteiger partial charge is 0.339 e. The molecule has 20 heavy (non-hydrogen) atoms. The number of nitrogens with one attached hydrogen (secondary N) is 2. The molecule has 1 amide bonds. The van der Waals surface area contributed by atoms with Crippen LogP contribution in [-0.2, 0) is 9.53 Å². The SMILES string of the molecule is COC(=O)c1ccccc1NC(=S)NC(=O)C(C)(C)C. The van der Waals surface area contributed by atoms with Crippen molar-refractivity contribution in [2.75, 3.05) is 12.4 Å². The van der Waals surface area contributed by atoms with Gasteiger partial charge in [0.2, 0.25) is 5.91 Å². The van der Waals surface area contributed by atoms with Crippen molar-refractivity contribution in [2.45, 2.75) is 20.8 Å². The van der Waals surface area contributed by atoms with Gasteiger partial charge in [-0.2, -0.15) is 0 Å². The van der Waals surface area contributed by atoms with Crippen LogP contribution in [0, 0.1) is 5.41 Å². The van der Waals surface area contributed by atoms with Crippen LogP contribution < -0.4 is 10.6 Å². The average Bonchev–Trinajstić information content (AvgIpc) is 2.37. The zero-order valence-corrected chi connectivity index (χ0v) is 12.8. The van der Waals surface area contributed by atoms with Crippen LogP contribution >= 0.6 is 12.2 Å². The predicted octanol–water partition coefficient (Wildman–Crippen LogP) is 2.33. The number of methoxy groups -OCH3 is 1. The summed E-state index contributed by atoms with van der Waals surface area (Å²) in [4.78, 5) is 23.4. The topological polar surface area (TPSA) is 67.4 Å². The number of carbonyl (C=O) groups excluding carboxylic acids is 2. The third-order valence-electron chi connectivity index (χ3n) is 2.49. The number of hydrogen-bond acceptors (Lipinski definition) is 4. The van der Waals surface area contributed by atoms with Crippen LogP contribution in [0.25, 0.3) is 0 Å². The summed E-state index contributed by atoms with van der Waals surface area (Å²) < 4.78 is 4.68. The zero-order chi connectivity index (χ0) is 15.3. The molecule has 1 rings (SSSR count). The lowest BCUT2D eigenvalue weighted by Gasteiger charge is -2.19. The van der Waals surface area contributed by atoms with Crippen LogP contribution in [0.5, 0.6) is 0 Å². The van der Waals surface area contributed by atoms with E-state index in [1.54, 1.807) is 45.0 Å². The second-order valence-electron chi connectivity index (χ2n) is 5.20. The monoisotopic (exact) mass is 294 g/mol. The molecule has 1 aromatic rings. The Morgan fingerprint density at radius 2 is 1.80 bits per heavy atom. The molecule has 0 radical (unpaired) electrons. The number of carbonyl (C=O) groups is 2. The lowest BCUT2D eigenvalue weighted by Crippen LogP contribution is -2.41. The molecule has 6 heteroatoms. The van der Waals surface area contributed by atoms with Crippen molar-refractivity contribution < 1.29 is 14.3 Å². The Kier molecular flexibility index (Phi) is 5.21. The van der Waals surface area contributed by atoms with E-state index in [1.165, 1.54) is 7.11 Å². The Hall–Kier alpha value is -1.95. The molecule has 0 atom stereocenters. The summed E-state index contributed by atoms with van der Waals surface area (Å²) in [6, 6.07) is 6.77. The molecule has 0 spiro atoms. The van der Waals surface area contributed by atoms with Gasteiger partial charge in [-0.3, -0.25) is 4.79 Å². The largest absolute Gasteiger partial charge is 0.465 e. The van der Waals surface area contributed by atoms with Crippen molar-refractivity contribution in [3.05, 3.63) is 29.8 Å². The molecular formula is C14H18N2O3S. The molecule has 0 unspecified atom stereocenters. The van der Waals surface area contributed by atoms with Crippen LogP contribution in [0.2, 0.25) is 0 Å². The van der Waals surface area contributed by atoms with Crippen molar-refractivity contribution in [2.24, 2.45) is 5.41 Å². The van der Waals surface area contributed by atoms with Gasteiger partial charge >= 0.3 is 5.97 Å². The summed E-state index contributed by atoms with van der Waals surface area (Å²) in [5, 5.41) is 5.55. The number of hydrogen-bond donors (Lipinski definition) is 2. The average molecular weight is 294 g/mol. The quantitative estimate of drug-likeness (QED) is 0.647. The summed E-state index contributed by atoms with van der Waals surface area (Å²) in [6.07, 6.45) is 0. The Morgan fingerprint density at radius 3 is 2.35 bits per heavy atom. The maximum absolute atomic E-state index is 11.8. The van der Waals surface area contributed by atoms with E-state index in [9.17, 15) is 9.59 Å². The van der Waals surface area contributed by atoms with Gasteiger partial charge in [0.1, 0.15) is 0 Å². The van der Waals surface area contributed by atoms with Gasteiger partial charge in [-0.25, -0.2) is 4.79 Å². The minimum absolute atomic E-state index is 0.140. The predicted molar refractivity (Wildman–Crippen MR) is 81.6 cm³/mol. The summed E-state index contributed by atoms with van der Waals surface area (Å²) in [5.41, 5.74) is 0.286. The number of rotatable bonds is 2. The number of ether oxygens (including phenoxy) is 1. The van der Waals surface area contributed by atoms with Crippen LogP contribution in [-0.4, -0.2) is 24.1 Å². The molecule has 0 saturated carbocycles. The van der Waals surface area contributed by atoms with E-state index in [0.29, 0.717) is 11.3 Å². The summed E-state index contributed by atoms with van der Waals surface area (Å²) >= 11 is 5.07. The maximum atomic E-state index is 11.8. The molecule has 0 heterocycles. The second-order valence-corrected chi connectivity index (χ2v) is 5.60. The first-order valence-corrected chi connectivity index (χ1v) is 6.46. The third kappa shape index (κ3) is 4.31. The molecule has 1 aromatic carbocycles. The number of para-hydroxylation sites is 1. The second kappa shape index (κ2) is 6.47. The molecule has 0 bridgehead atoms. The highest BCUT2D eigenvalue weighted by molar-refractivity contribution is 7.80. The molecule has 0 aliphatic rings. The highest BCUT2D eigenvalue weighted by atomic mass is 32.1. The van der Waals surface area contributed by atoms with E-state index in [2.05, 4.69) is 15.4 Å². The Morgan fingerprint density at radius 1 is 1.20 bits per heavy atom. The molecular weight excluding hydrogens is 276 g/mol. The Balaban J connectivity index is 2.82. The highest BCUT2D eigenvalue weighted by Gasteiger charge is 2.22. The van der Waals surface area contributed by atoms with Crippen LogP contribution in [0.3, 0.4) is 0 Å². The van der Waals surface area contributed by atoms with Crippen LogP contribution in [0.1, 0.15) is 31.1 Å². The lowest BCUT2D eigenvalue weighted by atomic mass is 9.96. The van der Waals surface area contributed by atoms with E-state index in [4.69, 9.17) is 12.2 Å². The number of esters is 1. The first-order valence-electron chi connectivity index (χ1n) is 6.05. The first-order chi connectivity index (χ1) is 9.25. The molecule has 0 fully saturated rings. The minimum atomic E-state index is -0.548.